The van der Waals surface area contributed by atoms with Crippen LogP contribution in [0.25, 0.3) is 0 Å². The zero-order chi connectivity index (χ0) is 18.3. The highest BCUT2D eigenvalue weighted by Crippen LogP contribution is 2.40. The van der Waals surface area contributed by atoms with E-state index in [9.17, 15) is 9.90 Å². The first-order chi connectivity index (χ1) is 12.0. The Bertz CT molecular complexity index is 649. The van der Waals surface area contributed by atoms with Gasteiger partial charge < -0.3 is 9.84 Å². The van der Waals surface area contributed by atoms with E-state index in [1.165, 1.54) is 12.2 Å². The van der Waals surface area contributed by atoms with Crippen LogP contribution in [0.2, 0.25) is 0 Å². The van der Waals surface area contributed by atoms with Gasteiger partial charge in [0.15, 0.2) is 5.60 Å². The molecule has 0 aliphatic heterocycles. The van der Waals surface area contributed by atoms with Crippen molar-refractivity contribution in [2.24, 2.45) is 5.92 Å². The molecule has 2 atom stereocenters. The molecule has 0 bridgehead atoms. The van der Waals surface area contributed by atoms with E-state index in [-0.39, 0.29) is 5.92 Å². The molecule has 1 fully saturated rings. The predicted octanol–water partition coefficient (Wildman–Crippen LogP) is 6.87. The Morgan fingerprint density at radius 2 is 2.36 bits per heavy atom. The summed E-state index contributed by atoms with van der Waals surface area (Å²) in [5.74, 6) is 6.61. The summed E-state index contributed by atoms with van der Waals surface area (Å²) in [5, 5.41) is 9.29. The molecule has 1 N–H and O–H groups in total. The summed E-state index contributed by atoms with van der Waals surface area (Å²) in [7, 11) is 0. The van der Waals surface area contributed by atoms with E-state index in [1.54, 1.807) is 11.3 Å². The number of hydrogen-bond acceptors (Lipinski definition) is 3. The maximum atomic E-state index is 11.3. The predicted molar refractivity (Wildman–Crippen MR) is 114 cm³/mol. The second kappa shape index (κ2) is 10.2. The summed E-state index contributed by atoms with van der Waals surface area (Å²) in [6, 6.07) is 2.20. The molecular formula is C19H24BrIO3S. The lowest BCUT2D eigenvalue weighted by molar-refractivity contribution is -0.0412. The molecule has 1 aromatic heterocycles. The Hall–Kier alpha value is -0.260. The van der Waals surface area contributed by atoms with E-state index in [1.807, 2.05) is 0 Å². The standard InChI is InChI=1S/C19H24BrIO3S/c1-2-3-4-6-11-19(24-18(22)23)12-7-5-8-15(19)10-9-14-13-16(21)25-17(14)20/h13,15H,2-5,7-10,12H2,1H3,(H,22,23). The fourth-order valence-electron chi connectivity index (χ4n) is 3.43. The van der Waals surface area contributed by atoms with E-state index in [2.05, 4.69) is 63.4 Å². The molecule has 0 aromatic carbocycles. The summed E-state index contributed by atoms with van der Waals surface area (Å²) in [4.78, 5) is 11.3. The van der Waals surface area contributed by atoms with Gasteiger partial charge in [-0.15, -0.1) is 11.3 Å². The van der Waals surface area contributed by atoms with Crippen LogP contribution in [0.3, 0.4) is 0 Å². The Balaban J connectivity index is 2.15. The number of halogens is 2. The highest BCUT2D eigenvalue weighted by Gasteiger charge is 2.43. The van der Waals surface area contributed by atoms with Gasteiger partial charge in [0.05, 0.1) is 6.67 Å². The Morgan fingerprint density at radius 1 is 1.56 bits per heavy atom. The number of hydrogen-bond donors (Lipinski definition) is 1. The summed E-state index contributed by atoms with van der Waals surface area (Å²) in [6.45, 7) is 2.13. The van der Waals surface area contributed by atoms with Crippen molar-refractivity contribution in [2.75, 3.05) is 0 Å². The summed E-state index contributed by atoms with van der Waals surface area (Å²) < 4.78 is 7.86. The molecule has 6 heteroatoms. The zero-order valence-electron chi connectivity index (χ0n) is 14.4. The van der Waals surface area contributed by atoms with Gasteiger partial charge in [0, 0.05) is 12.3 Å². The topological polar surface area (TPSA) is 46.5 Å². The first-order valence-electron chi connectivity index (χ1n) is 8.82. The molecule has 0 spiro atoms. The van der Waals surface area contributed by atoms with Crippen molar-refractivity contribution < 1.29 is 14.6 Å². The number of carboxylic acid groups (broad SMARTS) is 1. The van der Waals surface area contributed by atoms with Gasteiger partial charge in [-0.05, 0) is 88.7 Å². The number of unbranched alkanes of at least 4 members (excludes halogenated alkanes) is 2. The van der Waals surface area contributed by atoms with E-state index in [4.69, 9.17) is 4.74 Å². The summed E-state index contributed by atoms with van der Waals surface area (Å²) in [6.07, 6.45) is 7.36. The van der Waals surface area contributed by atoms with Crippen LogP contribution >= 0.6 is 49.9 Å². The van der Waals surface area contributed by atoms with Gasteiger partial charge in [-0.1, -0.05) is 31.6 Å². The molecule has 3 nitrogen and oxygen atoms in total. The summed E-state index contributed by atoms with van der Waals surface area (Å²) in [5.41, 5.74) is 0.469. The highest BCUT2D eigenvalue weighted by molar-refractivity contribution is 14.1. The van der Waals surface area contributed by atoms with Crippen LogP contribution in [0.1, 0.15) is 63.9 Å². The smallest absolute Gasteiger partial charge is 0.450 e. The molecule has 0 amide bonds. The van der Waals surface area contributed by atoms with Crippen LogP contribution in [0.15, 0.2) is 9.85 Å². The summed E-state index contributed by atoms with van der Waals surface area (Å²) >= 11 is 7.70. The van der Waals surface area contributed by atoms with Crippen molar-refractivity contribution in [3.63, 3.8) is 0 Å². The molecule has 2 rings (SSSR count). The molecule has 1 saturated carbocycles. The average molecular weight is 539 g/mol. The lowest BCUT2D eigenvalue weighted by atomic mass is 9.73. The van der Waals surface area contributed by atoms with Crippen LogP contribution in [-0.4, -0.2) is 16.9 Å². The first-order valence-corrected chi connectivity index (χ1v) is 11.5. The molecule has 1 aliphatic rings. The number of aryl methyl sites for hydroxylation is 1. The Kier molecular flexibility index (Phi) is 8.56. The normalized spacial score (nSPS) is 22.9. The van der Waals surface area contributed by atoms with Crippen LogP contribution in [-0.2, 0) is 11.2 Å². The lowest BCUT2D eigenvalue weighted by Gasteiger charge is -2.39. The largest absolute Gasteiger partial charge is 0.507 e. The lowest BCUT2D eigenvalue weighted by Crippen LogP contribution is -2.44. The maximum Gasteiger partial charge on any atom is 0.507 e. The molecule has 0 radical (unpaired) electrons. The van der Waals surface area contributed by atoms with E-state index >= 15 is 0 Å². The van der Waals surface area contributed by atoms with Crippen LogP contribution in [0, 0.1) is 20.6 Å². The van der Waals surface area contributed by atoms with Crippen molar-refractivity contribution in [1.29, 1.82) is 0 Å². The molecule has 25 heavy (non-hydrogen) atoms. The Labute approximate surface area is 176 Å². The molecule has 0 saturated heterocycles. The van der Waals surface area contributed by atoms with E-state index in [0.29, 0.717) is 6.42 Å². The molecule has 1 aliphatic carbocycles. The van der Waals surface area contributed by atoms with Crippen molar-refractivity contribution in [3.05, 3.63) is 18.3 Å². The minimum Gasteiger partial charge on any atom is -0.450 e. The van der Waals surface area contributed by atoms with Gasteiger partial charge in [-0.25, -0.2) is 4.79 Å². The number of carbonyl (C=O) groups is 1. The van der Waals surface area contributed by atoms with Crippen molar-refractivity contribution in [3.8, 4) is 11.8 Å². The minimum atomic E-state index is -1.21. The monoisotopic (exact) mass is 538 g/mol. The molecule has 2 unspecified atom stereocenters. The van der Waals surface area contributed by atoms with Crippen molar-refractivity contribution in [1.82, 2.24) is 0 Å². The van der Waals surface area contributed by atoms with Gasteiger partial charge >= 0.3 is 6.16 Å². The van der Waals surface area contributed by atoms with Gasteiger partial charge in [0.2, 0.25) is 0 Å². The fraction of sp³-hybridized carbons (Fsp3) is 0.632. The van der Waals surface area contributed by atoms with Crippen molar-refractivity contribution in [2.45, 2.75) is 70.3 Å². The average Bonchev–Trinajstić information content (AvgIpc) is 2.88. The number of ether oxygens (including phenoxy) is 1. The molecule has 138 valence electrons. The number of thiophene rings is 1. The quantitative estimate of drug-likeness (QED) is 0.186. The van der Waals surface area contributed by atoms with Gasteiger partial charge in [0.25, 0.3) is 0 Å². The third-order valence-electron chi connectivity index (χ3n) is 4.72. The second-order valence-electron chi connectivity index (χ2n) is 6.49. The SMILES string of the molecule is CCCCC#CC1(OC(=O)O)CCCCC1CCc1cc(I)sc1Br. The van der Waals surface area contributed by atoms with E-state index in [0.717, 1.165) is 51.4 Å². The molecule has 1 aromatic rings. The first kappa shape index (κ1) is 21.0. The third-order valence-corrected chi connectivity index (χ3v) is 7.45. The van der Waals surface area contributed by atoms with Crippen LogP contribution in [0.5, 0.6) is 0 Å². The highest BCUT2D eigenvalue weighted by atomic mass is 127. The Morgan fingerprint density at radius 3 is 3.00 bits per heavy atom. The fourth-order valence-corrected chi connectivity index (χ4v) is 6.87. The molecule has 1 heterocycles. The van der Waals surface area contributed by atoms with E-state index < -0.39 is 11.8 Å². The van der Waals surface area contributed by atoms with Crippen LogP contribution < -0.4 is 0 Å². The van der Waals surface area contributed by atoms with Gasteiger partial charge in [0.1, 0.15) is 0 Å². The van der Waals surface area contributed by atoms with Crippen LogP contribution in [0.4, 0.5) is 4.79 Å². The second-order valence-corrected chi connectivity index (χ2v) is 10.8. The number of rotatable bonds is 6. The molecular weight excluding hydrogens is 515 g/mol. The van der Waals surface area contributed by atoms with Gasteiger partial charge in [-0.3, -0.25) is 0 Å². The van der Waals surface area contributed by atoms with Crippen molar-refractivity contribution >= 4 is 56.0 Å². The maximum absolute atomic E-state index is 11.3. The zero-order valence-corrected chi connectivity index (χ0v) is 19.0. The van der Waals surface area contributed by atoms with Gasteiger partial charge in [-0.2, -0.15) is 0 Å². The third kappa shape index (κ3) is 6.14. The minimum absolute atomic E-state index is 0.163.